The number of phenolic OH excluding ortho intramolecular Hbond substituents is 1. The number of carbonyl (C=O) groups excluding carboxylic acids is 1. The molecule has 1 amide bonds. The van der Waals surface area contributed by atoms with Crippen LogP contribution in [-0.2, 0) is 11.2 Å². The van der Waals surface area contributed by atoms with Crippen molar-refractivity contribution in [2.45, 2.75) is 77.7 Å². The van der Waals surface area contributed by atoms with Crippen molar-refractivity contribution in [2.75, 3.05) is 0 Å². The number of nitrogens with one attached hydrogen (secondary N) is 1. The van der Waals surface area contributed by atoms with Crippen LogP contribution in [0.25, 0.3) is 0 Å². The standard InChI is InChI=1S/C23H32N2O3/c1-22(2,3)28-21(27)25-24-20-10-9-19-18-7-5-14-13-15(26)6-8-16(14)17(18)11-12-23(19,20)4/h6,8,13,17-19,26H,5,7,9-12H2,1-4H3,(H,25,27)/b24-20+. The topological polar surface area (TPSA) is 70.9 Å². The molecule has 4 atom stereocenters. The van der Waals surface area contributed by atoms with E-state index in [9.17, 15) is 9.90 Å². The zero-order chi connectivity index (χ0) is 20.1. The maximum absolute atomic E-state index is 12.0. The van der Waals surface area contributed by atoms with Crippen LogP contribution in [0.15, 0.2) is 23.3 Å². The predicted molar refractivity (Wildman–Crippen MR) is 110 cm³/mol. The fourth-order valence-electron chi connectivity index (χ4n) is 5.96. The lowest BCUT2D eigenvalue weighted by atomic mass is 9.55. The number of amides is 1. The van der Waals surface area contributed by atoms with E-state index in [-0.39, 0.29) is 5.41 Å². The van der Waals surface area contributed by atoms with E-state index in [1.165, 1.54) is 17.5 Å². The first kappa shape index (κ1) is 19.3. The first-order valence-electron chi connectivity index (χ1n) is 10.6. The number of aromatic hydroxyl groups is 1. The lowest BCUT2D eigenvalue weighted by molar-refractivity contribution is 0.0527. The Morgan fingerprint density at radius 3 is 2.79 bits per heavy atom. The van der Waals surface area contributed by atoms with Gasteiger partial charge in [0.05, 0.1) is 0 Å². The lowest BCUT2D eigenvalue weighted by Gasteiger charge is -2.49. The van der Waals surface area contributed by atoms with E-state index in [1.807, 2.05) is 32.9 Å². The van der Waals surface area contributed by atoms with Gasteiger partial charge in [0.15, 0.2) is 0 Å². The first-order chi connectivity index (χ1) is 13.2. The van der Waals surface area contributed by atoms with E-state index in [4.69, 9.17) is 4.74 Å². The van der Waals surface area contributed by atoms with Crippen molar-refractivity contribution in [3.63, 3.8) is 0 Å². The van der Waals surface area contributed by atoms with Gasteiger partial charge in [-0.1, -0.05) is 13.0 Å². The normalized spacial score (nSPS) is 33.0. The van der Waals surface area contributed by atoms with Crippen molar-refractivity contribution in [3.05, 3.63) is 29.3 Å². The van der Waals surface area contributed by atoms with Crippen LogP contribution in [0.1, 0.15) is 76.8 Å². The summed E-state index contributed by atoms with van der Waals surface area (Å²) in [6.45, 7) is 7.90. The van der Waals surface area contributed by atoms with E-state index in [1.54, 1.807) is 0 Å². The molecule has 4 unspecified atom stereocenters. The molecule has 28 heavy (non-hydrogen) atoms. The summed E-state index contributed by atoms with van der Waals surface area (Å²) in [5.74, 6) is 2.22. The second-order valence-corrected chi connectivity index (χ2v) is 9.97. The van der Waals surface area contributed by atoms with Crippen LogP contribution in [0, 0.1) is 17.3 Å². The first-order valence-corrected chi connectivity index (χ1v) is 10.6. The Morgan fingerprint density at radius 1 is 1.25 bits per heavy atom. The Kier molecular flexibility index (Phi) is 4.67. The number of hydrogen-bond acceptors (Lipinski definition) is 4. The Labute approximate surface area is 167 Å². The molecular formula is C23H32N2O3. The second kappa shape index (κ2) is 6.78. The minimum Gasteiger partial charge on any atom is -0.508 e. The van der Waals surface area contributed by atoms with Crippen LogP contribution in [0.3, 0.4) is 0 Å². The quantitative estimate of drug-likeness (QED) is 0.660. The van der Waals surface area contributed by atoms with Gasteiger partial charge >= 0.3 is 6.09 Å². The third kappa shape index (κ3) is 3.40. The number of fused-ring (bicyclic) bond motifs is 5. The van der Waals surface area contributed by atoms with E-state index in [0.717, 1.165) is 37.8 Å². The fraction of sp³-hybridized carbons (Fsp3) is 0.652. The second-order valence-electron chi connectivity index (χ2n) is 9.97. The summed E-state index contributed by atoms with van der Waals surface area (Å²) in [6.07, 6.45) is 6.05. The highest BCUT2D eigenvalue weighted by Gasteiger charge is 2.53. The summed E-state index contributed by atoms with van der Waals surface area (Å²) in [5.41, 5.74) is 6.06. The van der Waals surface area contributed by atoms with Crippen molar-refractivity contribution in [1.29, 1.82) is 0 Å². The van der Waals surface area contributed by atoms with Crippen LogP contribution >= 0.6 is 0 Å². The van der Waals surface area contributed by atoms with Gasteiger partial charge in [-0.2, -0.15) is 5.10 Å². The minimum absolute atomic E-state index is 0.0601. The molecule has 3 aliphatic rings. The summed E-state index contributed by atoms with van der Waals surface area (Å²) in [7, 11) is 0. The Hall–Kier alpha value is -2.04. The third-order valence-corrected chi connectivity index (χ3v) is 7.13. The number of phenols is 1. The summed E-state index contributed by atoms with van der Waals surface area (Å²) in [6, 6.07) is 5.92. The number of nitrogens with zero attached hydrogens (tertiary/aromatic N) is 1. The minimum atomic E-state index is -0.519. The van der Waals surface area contributed by atoms with Crippen LogP contribution in [0.2, 0.25) is 0 Å². The number of aryl methyl sites for hydroxylation is 1. The van der Waals surface area contributed by atoms with E-state index < -0.39 is 11.7 Å². The van der Waals surface area contributed by atoms with Gasteiger partial charge < -0.3 is 9.84 Å². The fourth-order valence-corrected chi connectivity index (χ4v) is 5.96. The van der Waals surface area contributed by atoms with E-state index in [2.05, 4.69) is 23.5 Å². The number of benzene rings is 1. The summed E-state index contributed by atoms with van der Waals surface area (Å²) in [5, 5.41) is 14.3. The monoisotopic (exact) mass is 384 g/mol. The van der Waals surface area contributed by atoms with Crippen molar-refractivity contribution < 1.29 is 14.6 Å². The third-order valence-electron chi connectivity index (χ3n) is 7.13. The smallest absolute Gasteiger partial charge is 0.428 e. The highest BCUT2D eigenvalue weighted by molar-refractivity contribution is 5.93. The molecule has 0 saturated heterocycles. The maximum Gasteiger partial charge on any atom is 0.428 e. The van der Waals surface area contributed by atoms with Crippen molar-refractivity contribution in [1.82, 2.24) is 5.43 Å². The molecule has 0 heterocycles. The van der Waals surface area contributed by atoms with Gasteiger partial charge in [0, 0.05) is 11.1 Å². The van der Waals surface area contributed by atoms with Crippen molar-refractivity contribution in [2.24, 2.45) is 22.4 Å². The zero-order valence-electron chi connectivity index (χ0n) is 17.4. The average Bonchev–Trinajstić information content (AvgIpc) is 2.94. The number of hydrazone groups is 1. The van der Waals surface area contributed by atoms with Gasteiger partial charge in [0.1, 0.15) is 11.4 Å². The highest BCUT2D eigenvalue weighted by atomic mass is 16.6. The van der Waals surface area contributed by atoms with Gasteiger partial charge in [0.2, 0.25) is 0 Å². The van der Waals surface area contributed by atoms with E-state index in [0.29, 0.717) is 23.5 Å². The molecule has 1 aromatic rings. The molecule has 4 rings (SSSR count). The van der Waals surface area contributed by atoms with Gasteiger partial charge in [-0.15, -0.1) is 0 Å². The molecule has 0 spiro atoms. The average molecular weight is 385 g/mol. The van der Waals surface area contributed by atoms with Gasteiger partial charge in [-0.05, 0) is 100 Å². The maximum atomic E-state index is 12.0. The number of rotatable bonds is 1. The van der Waals surface area contributed by atoms with Crippen molar-refractivity contribution in [3.8, 4) is 5.75 Å². The lowest BCUT2D eigenvalue weighted by Crippen LogP contribution is -2.43. The molecule has 1 aromatic carbocycles. The van der Waals surface area contributed by atoms with Gasteiger partial charge in [0.25, 0.3) is 0 Å². The van der Waals surface area contributed by atoms with Crippen LogP contribution < -0.4 is 5.43 Å². The Morgan fingerprint density at radius 2 is 2.04 bits per heavy atom. The summed E-state index contributed by atoms with van der Waals surface area (Å²) >= 11 is 0. The Bertz CT molecular complexity index is 811. The molecule has 152 valence electrons. The molecule has 2 saturated carbocycles. The van der Waals surface area contributed by atoms with E-state index >= 15 is 0 Å². The largest absolute Gasteiger partial charge is 0.508 e. The molecule has 0 aliphatic heterocycles. The summed E-state index contributed by atoms with van der Waals surface area (Å²) in [4.78, 5) is 12.0. The molecular weight excluding hydrogens is 352 g/mol. The molecule has 2 N–H and O–H groups in total. The molecule has 5 heteroatoms. The predicted octanol–water partition coefficient (Wildman–Crippen LogP) is 5.13. The SMILES string of the molecule is CC(C)(C)OC(=O)N/N=C1\CCC2C3CCc4cc(O)ccc4C3CCC12C. The van der Waals surface area contributed by atoms with Gasteiger partial charge in [-0.25, -0.2) is 10.2 Å². The number of carbonyl (C=O) groups is 1. The van der Waals surface area contributed by atoms with Crippen LogP contribution in [-0.4, -0.2) is 22.5 Å². The molecule has 0 bridgehead atoms. The summed E-state index contributed by atoms with van der Waals surface area (Å²) < 4.78 is 5.32. The number of ether oxygens (including phenoxy) is 1. The molecule has 0 radical (unpaired) electrons. The van der Waals surface area contributed by atoms with Crippen molar-refractivity contribution >= 4 is 11.8 Å². The molecule has 0 aromatic heterocycles. The van der Waals surface area contributed by atoms with Crippen LogP contribution in [0.5, 0.6) is 5.75 Å². The van der Waals surface area contributed by atoms with Gasteiger partial charge in [-0.3, -0.25) is 0 Å². The Balaban J connectivity index is 1.52. The molecule has 5 nitrogen and oxygen atoms in total. The number of hydrogen-bond donors (Lipinski definition) is 2. The molecule has 2 fully saturated rings. The molecule has 3 aliphatic carbocycles. The zero-order valence-corrected chi connectivity index (χ0v) is 17.4. The highest BCUT2D eigenvalue weighted by Crippen LogP contribution is 2.59. The van der Waals surface area contributed by atoms with Crippen LogP contribution in [0.4, 0.5) is 4.79 Å².